The molecule has 0 unspecified atom stereocenters. The van der Waals surface area contributed by atoms with Gasteiger partial charge in [-0.15, -0.1) is 0 Å². The summed E-state index contributed by atoms with van der Waals surface area (Å²) >= 11 is 0. The van der Waals surface area contributed by atoms with Crippen molar-refractivity contribution in [2.24, 2.45) is 0 Å². The Morgan fingerprint density at radius 2 is 2.07 bits per heavy atom. The maximum Gasteiger partial charge on any atom is 0.324 e. The van der Waals surface area contributed by atoms with Gasteiger partial charge in [0.2, 0.25) is 5.91 Å². The number of hydrogen-bond donors (Lipinski definition) is 1. The van der Waals surface area contributed by atoms with Crippen molar-refractivity contribution in [2.75, 3.05) is 6.54 Å². The van der Waals surface area contributed by atoms with Crippen molar-refractivity contribution in [3.05, 3.63) is 35.6 Å². The van der Waals surface area contributed by atoms with Crippen LogP contribution in [0.15, 0.2) is 24.3 Å². The Morgan fingerprint density at radius 3 is 2.67 bits per heavy atom. The molecule has 1 aliphatic rings. The first-order valence-electron chi connectivity index (χ1n) is 4.50. The van der Waals surface area contributed by atoms with Gasteiger partial charge < -0.3 is 5.32 Å². The topological polar surface area (TPSA) is 49.4 Å². The first kappa shape index (κ1) is 9.64. The van der Waals surface area contributed by atoms with E-state index in [1.165, 1.54) is 6.07 Å². The van der Waals surface area contributed by atoms with E-state index in [-0.39, 0.29) is 19.0 Å². The number of benzene rings is 1. The molecule has 1 fully saturated rings. The Kier molecular flexibility index (Phi) is 2.37. The van der Waals surface area contributed by atoms with E-state index >= 15 is 0 Å². The minimum absolute atomic E-state index is 0.00666. The van der Waals surface area contributed by atoms with E-state index in [1.54, 1.807) is 18.2 Å². The van der Waals surface area contributed by atoms with Crippen LogP contribution in [0, 0.1) is 5.82 Å². The number of carbonyl (C=O) groups is 2. The number of nitrogens with one attached hydrogen (secondary N) is 1. The lowest BCUT2D eigenvalue weighted by Crippen LogP contribution is -2.30. The molecule has 3 amide bonds. The number of imide groups is 1. The van der Waals surface area contributed by atoms with E-state index in [1.807, 2.05) is 0 Å². The Hall–Kier alpha value is -1.91. The monoisotopic (exact) mass is 208 g/mol. The summed E-state index contributed by atoms with van der Waals surface area (Å²) < 4.78 is 13.2. The average Bonchev–Trinajstić information content (AvgIpc) is 2.53. The molecule has 0 atom stereocenters. The fourth-order valence-electron chi connectivity index (χ4n) is 1.41. The fourth-order valence-corrected chi connectivity index (χ4v) is 1.41. The highest BCUT2D eigenvalue weighted by Gasteiger charge is 2.28. The molecule has 1 N–H and O–H groups in total. The van der Waals surface area contributed by atoms with Crippen LogP contribution in [0.3, 0.4) is 0 Å². The highest BCUT2D eigenvalue weighted by Crippen LogP contribution is 2.11. The Morgan fingerprint density at radius 1 is 1.33 bits per heavy atom. The number of amides is 3. The zero-order valence-corrected chi connectivity index (χ0v) is 7.87. The van der Waals surface area contributed by atoms with Crippen LogP contribution in [0.25, 0.3) is 0 Å². The van der Waals surface area contributed by atoms with Crippen molar-refractivity contribution in [3.63, 3.8) is 0 Å². The lowest BCUT2D eigenvalue weighted by molar-refractivity contribution is -0.125. The summed E-state index contributed by atoms with van der Waals surface area (Å²) in [6, 6.07) is 5.60. The van der Waals surface area contributed by atoms with Crippen molar-refractivity contribution in [1.82, 2.24) is 10.2 Å². The van der Waals surface area contributed by atoms with Crippen LogP contribution < -0.4 is 5.32 Å². The van der Waals surface area contributed by atoms with E-state index in [2.05, 4.69) is 5.32 Å². The van der Waals surface area contributed by atoms with Gasteiger partial charge in [-0.1, -0.05) is 18.2 Å². The molecule has 15 heavy (non-hydrogen) atoms. The van der Waals surface area contributed by atoms with E-state index < -0.39 is 11.8 Å². The first-order valence-corrected chi connectivity index (χ1v) is 4.50. The molecule has 1 heterocycles. The van der Waals surface area contributed by atoms with Crippen molar-refractivity contribution in [2.45, 2.75) is 6.54 Å². The van der Waals surface area contributed by atoms with Gasteiger partial charge in [-0.2, -0.15) is 0 Å². The van der Waals surface area contributed by atoms with Gasteiger partial charge in [0.25, 0.3) is 0 Å². The predicted molar refractivity (Wildman–Crippen MR) is 50.3 cm³/mol. The summed E-state index contributed by atoms with van der Waals surface area (Å²) in [7, 11) is 0. The molecule has 0 radical (unpaired) electrons. The van der Waals surface area contributed by atoms with Gasteiger partial charge in [0.1, 0.15) is 5.82 Å². The van der Waals surface area contributed by atoms with Crippen molar-refractivity contribution in [3.8, 4) is 0 Å². The van der Waals surface area contributed by atoms with Gasteiger partial charge in [-0.3, -0.25) is 9.69 Å². The molecule has 78 valence electrons. The van der Waals surface area contributed by atoms with Gasteiger partial charge in [0.05, 0.1) is 13.1 Å². The molecule has 1 aromatic rings. The third-order valence-electron chi connectivity index (χ3n) is 2.22. The van der Waals surface area contributed by atoms with Crippen molar-refractivity contribution < 1.29 is 14.0 Å². The highest BCUT2D eigenvalue weighted by atomic mass is 19.1. The second kappa shape index (κ2) is 3.68. The molecule has 0 spiro atoms. The summed E-state index contributed by atoms with van der Waals surface area (Å²) in [6.45, 7) is -0.0232. The molecule has 0 aromatic heterocycles. The normalized spacial score (nSPS) is 15.7. The number of hydrogen-bond acceptors (Lipinski definition) is 2. The molecular weight excluding hydrogens is 199 g/mol. The van der Waals surface area contributed by atoms with Gasteiger partial charge in [-0.05, 0) is 6.07 Å². The van der Waals surface area contributed by atoms with Gasteiger partial charge >= 0.3 is 6.03 Å². The van der Waals surface area contributed by atoms with Gasteiger partial charge in [0.15, 0.2) is 0 Å². The lowest BCUT2D eigenvalue weighted by Gasteiger charge is -2.12. The molecule has 2 rings (SSSR count). The van der Waals surface area contributed by atoms with E-state index in [4.69, 9.17) is 0 Å². The summed E-state index contributed by atoms with van der Waals surface area (Å²) in [5, 5.41) is 2.37. The average molecular weight is 208 g/mol. The van der Waals surface area contributed by atoms with Crippen molar-refractivity contribution >= 4 is 11.9 Å². The first-order chi connectivity index (χ1) is 7.18. The minimum Gasteiger partial charge on any atom is -0.329 e. The summed E-state index contributed by atoms with van der Waals surface area (Å²) in [5.74, 6) is -0.742. The fraction of sp³-hybridized carbons (Fsp3) is 0.200. The smallest absolute Gasteiger partial charge is 0.324 e. The molecule has 1 saturated heterocycles. The quantitative estimate of drug-likeness (QED) is 0.733. The standard InChI is InChI=1S/C10H9FN2O2/c11-8-4-2-1-3-7(8)6-13-9(14)5-12-10(13)15/h1-4H,5-6H2,(H,12,15). The third kappa shape index (κ3) is 1.81. The predicted octanol–water partition coefficient (Wildman–Crippen LogP) is 0.877. The van der Waals surface area contributed by atoms with Crippen LogP contribution in [0.1, 0.15) is 5.56 Å². The molecule has 1 aromatic carbocycles. The summed E-state index contributed by atoms with van der Waals surface area (Å²) in [4.78, 5) is 23.4. The van der Waals surface area contributed by atoms with Crippen LogP contribution in [-0.2, 0) is 11.3 Å². The van der Waals surface area contributed by atoms with Crippen molar-refractivity contribution in [1.29, 1.82) is 0 Å². The molecular formula is C10H9FN2O2. The van der Waals surface area contributed by atoms with E-state index in [0.717, 1.165) is 4.90 Å². The van der Waals surface area contributed by atoms with E-state index in [0.29, 0.717) is 5.56 Å². The van der Waals surface area contributed by atoms with Crippen LogP contribution >= 0.6 is 0 Å². The van der Waals surface area contributed by atoms with Crippen LogP contribution in [-0.4, -0.2) is 23.4 Å². The largest absolute Gasteiger partial charge is 0.329 e. The summed E-state index contributed by atoms with van der Waals surface area (Å²) in [5.41, 5.74) is 0.336. The van der Waals surface area contributed by atoms with E-state index in [9.17, 15) is 14.0 Å². The zero-order chi connectivity index (χ0) is 10.8. The van der Waals surface area contributed by atoms with Gasteiger partial charge in [0, 0.05) is 5.56 Å². The second-order valence-corrected chi connectivity index (χ2v) is 3.23. The maximum absolute atomic E-state index is 13.2. The van der Waals surface area contributed by atoms with Crippen LogP contribution in [0.4, 0.5) is 9.18 Å². The number of halogens is 1. The molecule has 1 aliphatic heterocycles. The molecule has 4 nitrogen and oxygen atoms in total. The van der Waals surface area contributed by atoms with Crippen LogP contribution in [0.2, 0.25) is 0 Å². The highest BCUT2D eigenvalue weighted by molar-refractivity contribution is 6.01. The van der Waals surface area contributed by atoms with Gasteiger partial charge in [-0.25, -0.2) is 9.18 Å². The zero-order valence-electron chi connectivity index (χ0n) is 7.87. The second-order valence-electron chi connectivity index (χ2n) is 3.23. The summed E-state index contributed by atoms with van der Waals surface area (Å²) in [6.07, 6.45) is 0. The molecule has 5 heteroatoms. The minimum atomic E-state index is -0.469. The number of rotatable bonds is 2. The number of carbonyl (C=O) groups excluding carboxylic acids is 2. The molecule has 0 bridgehead atoms. The molecule has 0 aliphatic carbocycles. The third-order valence-corrected chi connectivity index (χ3v) is 2.22. The number of urea groups is 1. The Bertz CT molecular complexity index is 404. The number of nitrogens with zero attached hydrogens (tertiary/aromatic N) is 1. The lowest BCUT2D eigenvalue weighted by atomic mass is 10.2. The Balaban J connectivity index is 2.18. The SMILES string of the molecule is O=C1CNC(=O)N1Cc1ccccc1F. The molecule has 0 saturated carbocycles. The Labute approximate surface area is 85.7 Å². The maximum atomic E-state index is 13.2. The van der Waals surface area contributed by atoms with Crippen LogP contribution in [0.5, 0.6) is 0 Å².